The van der Waals surface area contributed by atoms with Gasteiger partial charge in [-0.15, -0.1) is 0 Å². The van der Waals surface area contributed by atoms with Crippen LogP contribution in [0.3, 0.4) is 0 Å². The quantitative estimate of drug-likeness (QED) is 0.288. The fourth-order valence-corrected chi connectivity index (χ4v) is 4.60. The molecule has 0 aliphatic heterocycles. The first-order chi connectivity index (χ1) is 17.0. The number of hydrogen-bond acceptors (Lipinski definition) is 5. The zero-order chi connectivity index (χ0) is 26.5. The lowest BCUT2D eigenvalue weighted by atomic mass is 10.1. The zero-order valence-corrected chi connectivity index (χ0v) is 22.2. The first-order valence-corrected chi connectivity index (χ1v) is 13.4. The number of nitrogens with one attached hydrogen (secondary N) is 2. The molecule has 3 rings (SSSR count). The lowest BCUT2D eigenvalue weighted by Crippen LogP contribution is -2.39. The van der Waals surface area contributed by atoms with Crippen LogP contribution in [0.15, 0.2) is 71.8 Å². The first kappa shape index (κ1) is 27.5. The van der Waals surface area contributed by atoms with Crippen LogP contribution in [0.2, 0.25) is 15.1 Å². The number of benzene rings is 3. The van der Waals surface area contributed by atoms with Crippen LogP contribution in [0.1, 0.15) is 22.8 Å². The summed E-state index contributed by atoms with van der Waals surface area (Å²) in [4.78, 5) is 25.0. The van der Waals surface area contributed by atoms with Gasteiger partial charge in [-0.3, -0.25) is 13.9 Å². The summed E-state index contributed by atoms with van der Waals surface area (Å²) in [7, 11) is -3.85. The molecule has 0 spiro atoms. The molecule has 0 unspecified atom stereocenters. The first-order valence-electron chi connectivity index (χ1n) is 10.4. The van der Waals surface area contributed by atoms with Gasteiger partial charge >= 0.3 is 0 Å². The predicted octanol–water partition coefficient (Wildman–Crippen LogP) is 5.21. The Kier molecular flexibility index (Phi) is 8.97. The molecule has 8 nitrogen and oxygen atoms in total. The van der Waals surface area contributed by atoms with Crippen molar-refractivity contribution in [1.82, 2.24) is 5.43 Å². The van der Waals surface area contributed by atoms with E-state index in [0.717, 1.165) is 10.6 Å². The van der Waals surface area contributed by atoms with E-state index in [-0.39, 0.29) is 21.6 Å². The molecule has 36 heavy (non-hydrogen) atoms. The SMILES string of the molecule is C/C(=N/NC(=O)CN(c1cccc(Cl)c1Cl)S(C)(=O)=O)c1cccc(NC(=O)c2cccc(Cl)c2)c1. The van der Waals surface area contributed by atoms with Crippen LogP contribution in [0, 0.1) is 0 Å². The molecule has 2 amide bonds. The fraction of sp³-hybridized carbons (Fsp3) is 0.125. The normalized spacial score (nSPS) is 11.6. The van der Waals surface area contributed by atoms with Gasteiger partial charge in [-0.1, -0.05) is 59.1 Å². The number of anilines is 2. The fourth-order valence-electron chi connectivity index (χ4n) is 3.10. The average Bonchev–Trinajstić information content (AvgIpc) is 2.82. The Labute approximate surface area is 223 Å². The highest BCUT2D eigenvalue weighted by Crippen LogP contribution is 2.33. The third kappa shape index (κ3) is 7.20. The van der Waals surface area contributed by atoms with Crippen molar-refractivity contribution in [3.05, 3.63) is 92.9 Å². The van der Waals surface area contributed by atoms with Crippen LogP contribution in [0.25, 0.3) is 0 Å². The second-order valence-corrected chi connectivity index (χ2v) is 10.7. The van der Waals surface area contributed by atoms with E-state index in [9.17, 15) is 18.0 Å². The number of carbonyl (C=O) groups excluding carboxylic acids is 2. The van der Waals surface area contributed by atoms with E-state index in [2.05, 4.69) is 15.8 Å². The number of sulfonamides is 1. The summed E-state index contributed by atoms with van der Waals surface area (Å²) in [6.07, 6.45) is 0.954. The number of carbonyl (C=O) groups is 2. The summed E-state index contributed by atoms with van der Waals surface area (Å²) in [5, 5.41) is 7.45. The van der Waals surface area contributed by atoms with Gasteiger partial charge in [0, 0.05) is 16.3 Å². The molecule has 0 saturated heterocycles. The summed E-state index contributed by atoms with van der Waals surface area (Å²) >= 11 is 18.1. The molecule has 12 heteroatoms. The number of amides is 2. The topological polar surface area (TPSA) is 108 Å². The van der Waals surface area contributed by atoms with Gasteiger partial charge in [0.2, 0.25) is 10.0 Å². The minimum Gasteiger partial charge on any atom is -0.322 e. The van der Waals surface area contributed by atoms with Crippen LogP contribution in [0.5, 0.6) is 0 Å². The number of rotatable bonds is 8. The monoisotopic (exact) mass is 566 g/mol. The molecule has 0 aliphatic carbocycles. The van der Waals surface area contributed by atoms with Gasteiger partial charge in [-0.25, -0.2) is 13.8 Å². The van der Waals surface area contributed by atoms with E-state index in [1.165, 1.54) is 18.2 Å². The lowest BCUT2D eigenvalue weighted by Gasteiger charge is -2.22. The molecule has 188 valence electrons. The molecule has 2 N–H and O–H groups in total. The van der Waals surface area contributed by atoms with Crippen LogP contribution in [-0.4, -0.2) is 38.7 Å². The molecule has 0 atom stereocenters. The Morgan fingerprint density at radius 1 is 0.944 bits per heavy atom. The maximum atomic E-state index is 12.5. The van der Waals surface area contributed by atoms with Crippen molar-refractivity contribution < 1.29 is 18.0 Å². The molecule has 0 aliphatic rings. The van der Waals surface area contributed by atoms with Crippen molar-refractivity contribution in [3.63, 3.8) is 0 Å². The van der Waals surface area contributed by atoms with E-state index in [1.54, 1.807) is 55.5 Å². The van der Waals surface area contributed by atoms with Gasteiger partial charge in [0.05, 0.1) is 27.7 Å². The van der Waals surface area contributed by atoms with Crippen molar-refractivity contribution in [1.29, 1.82) is 0 Å². The van der Waals surface area contributed by atoms with Gasteiger partial charge in [-0.2, -0.15) is 5.10 Å². The molecular formula is C24H21Cl3N4O4S. The van der Waals surface area contributed by atoms with Crippen LogP contribution in [-0.2, 0) is 14.8 Å². The highest BCUT2D eigenvalue weighted by Gasteiger charge is 2.24. The van der Waals surface area contributed by atoms with E-state index in [1.807, 2.05) is 0 Å². The minimum atomic E-state index is -3.85. The van der Waals surface area contributed by atoms with Crippen molar-refractivity contribution in [3.8, 4) is 0 Å². The second-order valence-electron chi connectivity index (χ2n) is 7.62. The number of hydrogen-bond donors (Lipinski definition) is 2. The Hall–Kier alpha value is -3.11. The summed E-state index contributed by atoms with van der Waals surface area (Å²) < 4.78 is 25.4. The number of halogens is 3. The molecule has 0 fully saturated rings. The van der Waals surface area contributed by atoms with Crippen molar-refractivity contribution >= 4 is 73.7 Å². The highest BCUT2D eigenvalue weighted by molar-refractivity contribution is 7.92. The summed E-state index contributed by atoms with van der Waals surface area (Å²) in [5.41, 5.74) is 4.38. The Morgan fingerprint density at radius 3 is 2.31 bits per heavy atom. The van der Waals surface area contributed by atoms with E-state index in [0.29, 0.717) is 27.5 Å². The van der Waals surface area contributed by atoms with Gasteiger partial charge < -0.3 is 5.32 Å². The minimum absolute atomic E-state index is 0.00806. The van der Waals surface area contributed by atoms with Crippen molar-refractivity contribution in [2.24, 2.45) is 5.10 Å². The molecule has 0 heterocycles. The smallest absolute Gasteiger partial charge is 0.260 e. The predicted molar refractivity (Wildman–Crippen MR) is 145 cm³/mol. The zero-order valence-electron chi connectivity index (χ0n) is 19.1. The van der Waals surface area contributed by atoms with Crippen LogP contribution >= 0.6 is 34.8 Å². The second kappa shape index (κ2) is 11.7. The molecular weight excluding hydrogens is 547 g/mol. The molecule has 0 saturated carbocycles. The largest absolute Gasteiger partial charge is 0.322 e. The molecule has 3 aromatic carbocycles. The molecule has 3 aromatic rings. The molecule has 0 radical (unpaired) electrons. The number of nitrogens with zero attached hydrogens (tertiary/aromatic N) is 2. The summed E-state index contributed by atoms with van der Waals surface area (Å²) in [6, 6.07) is 17.9. The molecule has 0 aromatic heterocycles. The Balaban J connectivity index is 1.71. The van der Waals surface area contributed by atoms with Crippen LogP contribution in [0.4, 0.5) is 11.4 Å². The van der Waals surface area contributed by atoms with E-state index in [4.69, 9.17) is 34.8 Å². The lowest BCUT2D eigenvalue weighted by molar-refractivity contribution is -0.119. The number of hydrazone groups is 1. The third-order valence-electron chi connectivity index (χ3n) is 4.86. The maximum Gasteiger partial charge on any atom is 0.260 e. The van der Waals surface area contributed by atoms with Crippen molar-refractivity contribution in [2.75, 3.05) is 22.4 Å². The highest BCUT2D eigenvalue weighted by atomic mass is 35.5. The summed E-state index contributed by atoms with van der Waals surface area (Å²) in [5.74, 6) is -1.03. The van der Waals surface area contributed by atoms with Gasteiger partial charge in [0.1, 0.15) is 6.54 Å². The Morgan fingerprint density at radius 2 is 1.61 bits per heavy atom. The van der Waals surface area contributed by atoms with E-state index < -0.39 is 22.5 Å². The molecule has 0 bridgehead atoms. The van der Waals surface area contributed by atoms with E-state index >= 15 is 0 Å². The van der Waals surface area contributed by atoms with Crippen molar-refractivity contribution in [2.45, 2.75) is 6.92 Å². The third-order valence-corrected chi connectivity index (χ3v) is 7.03. The van der Waals surface area contributed by atoms with Gasteiger partial charge in [0.15, 0.2) is 0 Å². The van der Waals surface area contributed by atoms with Gasteiger partial charge in [0.25, 0.3) is 11.8 Å². The van der Waals surface area contributed by atoms with Crippen LogP contribution < -0.4 is 15.0 Å². The Bertz CT molecular complexity index is 1440. The van der Waals surface area contributed by atoms with Gasteiger partial charge in [-0.05, 0) is 55.0 Å². The summed E-state index contributed by atoms with van der Waals surface area (Å²) in [6.45, 7) is 1.09. The average molecular weight is 568 g/mol. The standard InChI is InChI=1S/C24H21Cl3N4O4S/c1-15(16-6-4-9-19(13-16)28-24(33)17-7-3-8-18(25)12-17)29-30-22(32)14-31(36(2,34)35)21-11-5-10-20(26)23(21)27/h3-13H,14H2,1-2H3,(H,28,33)(H,30,32)/b29-15-. The maximum absolute atomic E-state index is 12.5.